The first kappa shape index (κ1) is 12.9. The van der Waals surface area contributed by atoms with Gasteiger partial charge in [0.2, 0.25) is 0 Å². The average Bonchev–Trinajstić information content (AvgIpc) is 2.10. The second-order valence-corrected chi connectivity index (χ2v) is 4.05. The zero-order valence-electron chi connectivity index (χ0n) is 9.10. The summed E-state index contributed by atoms with van der Waals surface area (Å²) in [7, 11) is 4.19. The van der Waals surface area contributed by atoms with E-state index in [-0.39, 0.29) is 0 Å². The molecule has 2 nitrogen and oxygen atoms in total. The summed E-state index contributed by atoms with van der Waals surface area (Å²) in [6.45, 7) is 6.24. The molecule has 0 heterocycles. The Balaban J connectivity index is 3.46. The molecule has 0 aliphatic carbocycles. The minimum Gasteiger partial charge on any atom is -0.310 e. The second-order valence-electron chi connectivity index (χ2n) is 3.83. The molecule has 0 fully saturated rings. The number of halogens is 1. The van der Waals surface area contributed by atoms with Gasteiger partial charge in [-0.25, -0.2) is 0 Å². The fourth-order valence-corrected chi connectivity index (χ4v) is 1.00. The van der Waals surface area contributed by atoms with Crippen LogP contribution in [0, 0.1) is 0 Å². The molecule has 1 unspecified atom stereocenters. The van der Waals surface area contributed by atoms with Crippen LogP contribution in [0.15, 0.2) is 11.1 Å². The molecular formula is C10H21ClN2. The van der Waals surface area contributed by atoms with Crippen LogP contribution in [0.4, 0.5) is 0 Å². The SMILES string of the molecule is CC(=CCl)CNC(C)CCN(C)C. The topological polar surface area (TPSA) is 15.3 Å². The van der Waals surface area contributed by atoms with Gasteiger partial charge in [0.15, 0.2) is 0 Å². The van der Waals surface area contributed by atoms with Gasteiger partial charge in [0, 0.05) is 18.1 Å². The summed E-state index contributed by atoms with van der Waals surface area (Å²) < 4.78 is 0. The number of hydrogen-bond acceptors (Lipinski definition) is 2. The van der Waals surface area contributed by atoms with Crippen LogP contribution in [0.1, 0.15) is 20.3 Å². The summed E-state index contributed by atoms with van der Waals surface area (Å²) in [6, 6.07) is 0.550. The Morgan fingerprint density at radius 3 is 2.62 bits per heavy atom. The molecule has 0 saturated carbocycles. The molecular weight excluding hydrogens is 184 g/mol. The highest BCUT2D eigenvalue weighted by Gasteiger charge is 2.01. The fraction of sp³-hybridized carbons (Fsp3) is 0.800. The molecule has 0 radical (unpaired) electrons. The molecule has 0 aliphatic heterocycles. The molecule has 0 rings (SSSR count). The predicted octanol–water partition coefficient (Wildman–Crippen LogP) is 2.06. The van der Waals surface area contributed by atoms with Crippen molar-refractivity contribution in [1.82, 2.24) is 10.2 Å². The van der Waals surface area contributed by atoms with Gasteiger partial charge in [-0.3, -0.25) is 0 Å². The second kappa shape index (κ2) is 7.36. The van der Waals surface area contributed by atoms with Crippen LogP contribution in [-0.4, -0.2) is 38.1 Å². The Labute approximate surface area is 86.9 Å². The molecule has 1 N–H and O–H groups in total. The zero-order valence-corrected chi connectivity index (χ0v) is 9.86. The van der Waals surface area contributed by atoms with Crippen molar-refractivity contribution in [1.29, 1.82) is 0 Å². The van der Waals surface area contributed by atoms with E-state index in [1.54, 1.807) is 5.54 Å². The molecule has 78 valence electrons. The normalized spacial score (nSPS) is 15.1. The summed E-state index contributed by atoms with van der Waals surface area (Å²) >= 11 is 5.55. The quantitative estimate of drug-likeness (QED) is 0.713. The minimum atomic E-state index is 0.550. The Morgan fingerprint density at radius 2 is 2.15 bits per heavy atom. The molecule has 0 amide bonds. The molecule has 1 atom stereocenters. The van der Waals surface area contributed by atoms with Gasteiger partial charge in [-0.15, -0.1) is 0 Å². The van der Waals surface area contributed by atoms with Crippen molar-refractivity contribution < 1.29 is 0 Å². The van der Waals surface area contributed by atoms with Gasteiger partial charge in [-0.1, -0.05) is 11.6 Å². The summed E-state index contributed by atoms with van der Waals surface area (Å²) in [4.78, 5) is 2.20. The fourth-order valence-electron chi connectivity index (χ4n) is 0.928. The van der Waals surface area contributed by atoms with Crippen LogP contribution >= 0.6 is 11.6 Å². The van der Waals surface area contributed by atoms with Gasteiger partial charge in [-0.05, 0) is 46.5 Å². The number of rotatable bonds is 6. The highest BCUT2D eigenvalue weighted by molar-refractivity contribution is 6.25. The molecule has 0 aromatic rings. The van der Waals surface area contributed by atoms with Crippen LogP contribution in [0.2, 0.25) is 0 Å². The van der Waals surface area contributed by atoms with E-state index < -0.39 is 0 Å². The van der Waals surface area contributed by atoms with Crippen molar-refractivity contribution in [3.63, 3.8) is 0 Å². The van der Waals surface area contributed by atoms with Crippen LogP contribution < -0.4 is 5.32 Å². The lowest BCUT2D eigenvalue weighted by molar-refractivity contribution is 0.369. The van der Waals surface area contributed by atoms with Crippen LogP contribution in [-0.2, 0) is 0 Å². The van der Waals surface area contributed by atoms with Gasteiger partial charge >= 0.3 is 0 Å². The van der Waals surface area contributed by atoms with Crippen LogP contribution in [0.5, 0.6) is 0 Å². The molecule has 0 aromatic carbocycles. The third kappa shape index (κ3) is 8.28. The number of nitrogens with zero attached hydrogens (tertiary/aromatic N) is 1. The molecule has 0 aliphatic rings. The van der Waals surface area contributed by atoms with Gasteiger partial charge in [0.1, 0.15) is 0 Å². The maximum atomic E-state index is 5.55. The van der Waals surface area contributed by atoms with Gasteiger partial charge < -0.3 is 10.2 Å². The summed E-state index contributed by atoms with van der Waals surface area (Å²) in [5.41, 5.74) is 2.81. The Hall–Kier alpha value is -0.0500. The van der Waals surface area contributed by atoms with Crippen molar-refractivity contribution in [3.05, 3.63) is 11.1 Å². The highest BCUT2D eigenvalue weighted by Crippen LogP contribution is 1.96. The summed E-state index contributed by atoms with van der Waals surface area (Å²) in [5.74, 6) is 0. The molecule has 0 aromatic heterocycles. The summed E-state index contributed by atoms with van der Waals surface area (Å²) in [5, 5.41) is 3.41. The van der Waals surface area contributed by atoms with E-state index in [1.807, 2.05) is 6.92 Å². The van der Waals surface area contributed by atoms with Gasteiger partial charge in [0.25, 0.3) is 0 Å². The first-order valence-corrected chi connectivity index (χ1v) is 5.14. The Morgan fingerprint density at radius 1 is 1.54 bits per heavy atom. The van der Waals surface area contributed by atoms with E-state index in [4.69, 9.17) is 11.6 Å². The van der Waals surface area contributed by atoms with E-state index in [9.17, 15) is 0 Å². The third-order valence-electron chi connectivity index (χ3n) is 1.92. The lowest BCUT2D eigenvalue weighted by atomic mass is 10.2. The zero-order chi connectivity index (χ0) is 10.3. The van der Waals surface area contributed by atoms with E-state index >= 15 is 0 Å². The van der Waals surface area contributed by atoms with Crippen molar-refractivity contribution in [2.24, 2.45) is 0 Å². The van der Waals surface area contributed by atoms with Crippen LogP contribution in [0.25, 0.3) is 0 Å². The Bertz CT molecular complexity index is 155. The largest absolute Gasteiger partial charge is 0.310 e. The summed E-state index contributed by atoms with van der Waals surface area (Å²) in [6.07, 6.45) is 1.17. The minimum absolute atomic E-state index is 0.550. The lowest BCUT2D eigenvalue weighted by Gasteiger charge is -2.16. The third-order valence-corrected chi connectivity index (χ3v) is 2.30. The van der Waals surface area contributed by atoms with E-state index in [0.717, 1.165) is 13.1 Å². The van der Waals surface area contributed by atoms with E-state index in [2.05, 4.69) is 31.2 Å². The number of hydrogen-bond donors (Lipinski definition) is 1. The Kier molecular flexibility index (Phi) is 7.33. The standard InChI is InChI=1S/C10H21ClN2/c1-9(7-11)8-12-10(2)5-6-13(3)4/h7,10,12H,5-6,8H2,1-4H3. The van der Waals surface area contributed by atoms with Crippen molar-refractivity contribution in [2.75, 3.05) is 27.2 Å². The molecule has 0 bridgehead atoms. The smallest absolute Gasteiger partial charge is 0.0176 e. The average molecular weight is 205 g/mol. The lowest BCUT2D eigenvalue weighted by Crippen LogP contribution is -2.30. The van der Waals surface area contributed by atoms with E-state index in [0.29, 0.717) is 6.04 Å². The van der Waals surface area contributed by atoms with Gasteiger partial charge in [-0.2, -0.15) is 0 Å². The maximum Gasteiger partial charge on any atom is 0.0176 e. The molecule has 13 heavy (non-hydrogen) atoms. The van der Waals surface area contributed by atoms with Crippen LogP contribution in [0.3, 0.4) is 0 Å². The first-order chi connectivity index (χ1) is 6.06. The van der Waals surface area contributed by atoms with Gasteiger partial charge in [0.05, 0.1) is 0 Å². The maximum absolute atomic E-state index is 5.55. The van der Waals surface area contributed by atoms with Crippen molar-refractivity contribution in [2.45, 2.75) is 26.3 Å². The molecule has 0 spiro atoms. The molecule has 3 heteroatoms. The van der Waals surface area contributed by atoms with E-state index in [1.165, 1.54) is 12.0 Å². The van der Waals surface area contributed by atoms with Crippen molar-refractivity contribution >= 4 is 11.6 Å². The highest BCUT2D eigenvalue weighted by atomic mass is 35.5. The monoisotopic (exact) mass is 204 g/mol. The predicted molar refractivity (Wildman–Crippen MR) is 60.2 cm³/mol. The number of nitrogens with one attached hydrogen (secondary N) is 1. The molecule has 0 saturated heterocycles. The van der Waals surface area contributed by atoms with Crippen molar-refractivity contribution in [3.8, 4) is 0 Å². The first-order valence-electron chi connectivity index (χ1n) is 4.70.